The summed E-state index contributed by atoms with van der Waals surface area (Å²) >= 11 is 0. The zero-order chi connectivity index (χ0) is 18.0. The average molecular weight is 365 g/mol. The van der Waals surface area contributed by atoms with Crippen molar-refractivity contribution >= 4 is 15.9 Å². The number of benzene rings is 1. The predicted molar refractivity (Wildman–Crippen MR) is 96.8 cm³/mol. The van der Waals surface area contributed by atoms with Crippen molar-refractivity contribution < 1.29 is 13.2 Å². The van der Waals surface area contributed by atoms with Crippen molar-refractivity contribution in [3.8, 4) is 0 Å². The molecular weight excluding hydrogens is 338 g/mol. The van der Waals surface area contributed by atoms with Crippen molar-refractivity contribution in [1.29, 1.82) is 0 Å². The van der Waals surface area contributed by atoms with Gasteiger partial charge in [0.2, 0.25) is 10.0 Å². The third-order valence-corrected chi connectivity index (χ3v) is 7.26. The minimum atomic E-state index is -3.59. The molecule has 0 spiro atoms. The van der Waals surface area contributed by atoms with E-state index in [0.29, 0.717) is 18.7 Å². The van der Waals surface area contributed by atoms with Crippen LogP contribution in [-0.2, 0) is 10.0 Å². The van der Waals surface area contributed by atoms with Crippen LogP contribution in [0.4, 0.5) is 0 Å². The lowest BCUT2D eigenvalue weighted by Crippen LogP contribution is -2.38. The van der Waals surface area contributed by atoms with Crippen LogP contribution in [0.2, 0.25) is 0 Å². The molecule has 2 fully saturated rings. The van der Waals surface area contributed by atoms with Crippen molar-refractivity contribution in [3.05, 3.63) is 29.8 Å². The maximum atomic E-state index is 13.0. The Morgan fingerprint density at radius 2 is 1.92 bits per heavy atom. The van der Waals surface area contributed by atoms with Gasteiger partial charge in [-0.15, -0.1) is 0 Å². The second kappa shape index (κ2) is 7.43. The summed E-state index contributed by atoms with van der Waals surface area (Å²) in [5.74, 6) is -0.148. The molecule has 1 aromatic carbocycles. The van der Waals surface area contributed by atoms with Gasteiger partial charge in [-0.2, -0.15) is 4.31 Å². The molecule has 6 nitrogen and oxygen atoms in total. The van der Waals surface area contributed by atoms with E-state index in [1.54, 1.807) is 30.1 Å². The molecular formula is C18H27N3O3S. The lowest BCUT2D eigenvalue weighted by atomic mass is 9.96. The van der Waals surface area contributed by atoms with Crippen LogP contribution in [0.15, 0.2) is 29.2 Å². The molecule has 2 aliphatic rings. The highest BCUT2D eigenvalue weighted by molar-refractivity contribution is 7.89. The summed E-state index contributed by atoms with van der Waals surface area (Å²) in [5, 5.41) is 0. The number of hydrogen-bond acceptors (Lipinski definition) is 4. The molecule has 0 radical (unpaired) electrons. The number of rotatable bonds is 4. The van der Waals surface area contributed by atoms with E-state index in [2.05, 4.69) is 0 Å². The molecule has 1 aliphatic heterocycles. The van der Waals surface area contributed by atoms with Crippen molar-refractivity contribution in [2.24, 2.45) is 5.73 Å². The average Bonchev–Trinajstić information content (AvgIpc) is 3.07. The molecule has 1 atom stereocenters. The largest absolute Gasteiger partial charge is 0.337 e. The van der Waals surface area contributed by atoms with Gasteiger partial charge in [-0.25, -0.2) is 8.42 Å². The number of nitrogens with zero attached hydrogens (tertiary/aromatic N) is 2. The molecule has 1 heterocycles. The summed E-state index contributed by atoms with van der Waals surface area (Å²) in [6.45, 7) is 1.15. The number of sulfonamides is 1. The van der Waals surface area contributed by atoms with Crippen LogP contribution in [0, 0.1) is 0 Å². The molecule has 1 saturated carbocycles. The molecule has 3 rings (SSSR count). The lowest BCUT2D eigenvalue weighted by molar-refractivity contribution is 0.0790. The Labute approximate surface area is 150 Å². The summed E-state index contributed by atoms with van der Waals surface area (Å²) in [5.41, 5.74) is 6.28. The van der Waals surface area contributed by atoms with Crippen LogP contribution in [-0.4, -0.2) is 55.8 Å². The molecule has 2 N–H and O–H groups in total. The Balaban J connectivity index is 1.81. The maximum absolute atomic E-state index is 13.0. The van der Waals surface area contributed by atoms with Crippen LogP contribution in [0.3, 0.4) is 0 Å². The highest BCUT2D eigenvalue weighted by Crippen LogP contribution is 2.27. The third kappa shape index (κ3) is 3.88. The first-order valence-corrected chi connectivity index (χ1v) is 10.5. The molecule has 138 valence electrons. The van der Waals surface area contributed by atoms with Crippen LogP contribution >= 0.6 is 0 Å². The van der Waals surface area contributed by atoms with Gasteiger partial charge in [-0.1, -0.05) is 25.3 Å². The van der Waals surface area contributed by atoms with Gasteiger partial charge in [0.1, 0.15) is 0 Å². The molecule has 1 aromatic rings. The molecule has 0 aromatic heterocycles. The van der Waals surface area contributed by atoms with Crippen LogP contribution in [0.1, 0.15) is 48.9 Å². The van der Waals surface area contributed by atoms with Crippen LogP contribution in [0.5, 0.6) is 0 Å². The molecule has 0 bridgehead atoms. The number of carbonyl (C=O) groups excluding carboxylic acids is 1. The Bertz CT molecular complexity index is 729. The lowest BCUT2D eigenvalue weighted by Gasteiger charge is -2.30. The smallest absolute Gasteiger partial charge is 0.253 e. The van der Waals surface area contributed by atoms with E-state index in [1.807, 2.05) is 0 Å². The maximum Gasteiger partial charge on any atom is 0.253 e. The molecule has 1 saturated heterocycles. The van der Waals surface area contributed by atoms with Gasteiger partial charge >= 0.3 is 0 Å². The van der Waals surface area contributed by atoms with E-state index in [9.17, 15) is 13.2 Å². The standard InChI is InChI=1S/C18H27N3O3S/c1-20(16-7-3-2-4-8-16)25(23,24)17-9-5-6-14(12-17)18(22)21-11-10-15(19)13-21/h5-6,9,12,15-16H,2-4,7-8,10-11,13,19H2,1H3/t15-/m1/s1. The highest BCUT2D eigenvalue weighted by atomic mass is 32.2. The Kier molecular flexibility index (Phi) is 5.46. The van der Waals surface area contributed by atoms with E-state index in [-0.39, 0.29) is 22.9 Å². The SMILES string of the molecule is CN(C1CCCCC1)S(=O)(=O)c1cccc(C(=O)N2CC[C@@H](N)C2)c1. The monoisotopic (exact) mass is 365 g/mol. The van der Waals surface area contributed by atoms with E-state index < -0.39 is 10.0 Å². The van der Waals surface area contributed by atoms with Gasteiger partial charge in [-0.05, 0) is 37.5 Å². The zero-order valence-electron chi connectivity index (χ0n) is 14.7. The Hall–Kier alpha value is -1.44. The number of carbonyl (C=O) groups is 1. The fraction of sp³-hybridized carbons (Fsp3) is 0.611. The molecule has 0 unspecified atom stereocenters. The topological polar surface area (TPSA) is 83.7 Å². The minimum Gasteiger partial charge on any atom is -0.337 e. The van der Waals surface area contributed by atoms with E-state index >= 15 is 0 Å². The second-order valence-corrected chi connectivity index (χ2v) is 9.14. The number of hydrogen-bond donors (Lipinski definition) is 1. The highest BCUT2D eigenvalue weighted by Gasteiger charge is 2.30. The summed E-state index contributed by atoms with van der Waals surface area (Å²) < 4.78 is 27.4. The van der Waals surface area contributed by atoms with Crippen LogP contribution < -0.4 is 5.73 Å². The number of nitrogens with two attached hydrogens (primary N) is 1. The van der Waals surface area contributed by atoms with Gasteiger partial charge in [0.05, 0.1) is 4.90 Å². The summed E-state index contributed by atoms with van der Waals surface area (Å²) in [7, 11) is -1.94. The van der Waals surface area contributed by atoms with Gasteiger partial charge < -0.3 is 10.6 Å². The van der Waals surface area contributed by atoms with Crippen molar-refractivity contribution in [2.75, 3.05) is 20.1 Å². The summed E-state index contributed by atoms with van der Waals surface area (Å²) in [4.78, 5) is 14.5. The van der Waals surface area contributed by atoms with Crippen molar-refractivity contribution in [1.82, 2.24) is 9.21 Å². The van der Waals surface area contributed by atoms with E-state index in [4.69, 9.17) is 5.73 Å². The normalized spacial score (nSPS) is 22.5. The first-order valence-electron chi connectivity index (χ1n) is 9.02. The Morgan fingerprint density at radius 1 is 1.20 bits per heavy atom. The molecule has 1 aliphatic carbocycles. The fourth-order valence-corrected chi connectivity index (χ4v) is 5.21. The van der Waals surface area contributed by atoms with Gasteiger partial charge in [-0.3, -0.25) is 4.79 Å². The minimum absolute atomic E-state index is 0.00769. The summed E-state index contributed by atoms with van der Waals surface area (Å²) in [6.07, 6.45) is 5.90. The fourth-order valence-electron chi connectivity index (χ4n) is 3.75. The third-order valence-electron chi connectivity index (χ3n) is 5.36. The molecule has 25 heavy (non-hydrogen) atoms. The predicted octanol–water partition coefficient (Wildman–Crippen LogP) is 1.81. The first kappa shape index (κ1) is 18.4. The Morgan fingerprint density at radius 3 is 2.56 bits per heavy atom. The van der Waals surface area contributed by atoms with Gasteiger partial charge in [0.25, 0.3) is 5.91 Å². The second-order valence-electron chi connectivity index (χ2n) is 7.14. The van der Waals surface area contributed by atoms with Gasteiger partial charge in [0, 0.05) is 37.8 Å². The molecule has 1 amide bonds. The van der Waals surface area contributed by atoms with Crippen molar-refractivity contribution in [2.45, 2.75) is 55.5 Å². The number of amides is 1. The quantitative estimate of drug-likeness (QED) is 0.882. The zero-order valence-corrected chi connectivity index (χ0v) is 15.5. The van der Waals surface area contributed by atoms with E-state index in [0.717, 1.165) is 32.1 Å². The molecule has 7 heteroatoms. The van der Waals surface area contributed by atoms with E-state index in [1.165, 1.54) is 16.8 Å². The van der Waals surface area contributed by atoms with Crippen molar-refractivity contribution in [3.63, 3.8) is 0 Å². The van der Waals surface area contributed by atoms with Gasteiger partial charge in [0.15, 0.2) is 0 Å². The summed E-state index contributed by atoms with van der Waals surface area (Å²) in [6, 6.07) is 6.45. The first-order chi connectivity index (χ1) is 11.9. The number of likely N-dealkylation sites (tertiary alicyclic amines) is 1. The van der Waals surface area contributed by atoms with Crippen LogP contribution in [0.25, 0.3) is 0 Å².